The summed E-state index contributed by atoms with van der Waals surface area (Å²) in [4.78, 5) is 34.6. The SMILES string of the molecule is CC(Cc1cnc2ccccc2n1)C(=O)N1CCC(C(N)=O)CC1. The fourth-order valence-corrected chi connectivity index (χ4v) is 3.19. The van der Waals surface area contributed by atoms with E-state index in [1.165, 1.54) is 0 Å². The average molecular weight is 326 g/mol. The van der Waals surface area contributed by atoms with E-state index in [1.807, 2.05) is 36.1 Å². The van der Waals surface area contributed by atoms with Crippen molar-refractivity contribution in [3.05, 3.63) is 36.2 Å². The highest BCUT2D eigenvalue weighted by molar-refractivity contribution is 5.80. The number of likely N-dealkylation sites (tertiary alicyclic amines) is 1. The summed E-state index contributed by atoms with van der Waals surface area (Å²) in [5.41, 5.74) is 7.86. The number of fused-ring (bicyclic) bond motifs is 1. The summed E-state index contributed by atoms with van der Waals surface area (Å²) < 4.78 is 0. The zero-order valence-corrected chi connectivity index (χ0v) is 13.8. The lowest BCUT2D eigenvalue weighted by Gasteiger charge is -2.32. The number of amides is 2. The first-order chi connectivity index (χ1) is 11.5. The highest BCUT2D eigenvalue weighted by Crippen LogP contribution is 2.20. The van der Waals surface area contributed by atoms with Crippen molar-refractivity contribution in [2.45, 2.75) is 26.2 Å². The van der Waals surface area contributed by atoms with Gasteiger partial charge >= 0.3 is 0 Å². The molecule has 1 atom stereocenters. The van der Waals surface area contributed by atoms with Crippen LogP contribution in [-0.2, 0) is 16.0 Å². The zero-order chi connectivity index (χ0) is 17.1. The average Bonchev–Trinajstić information content (AvgIpc) is 2.61. The van der Waals surface area contributed by atoms with Crippen molar-refractivity contribution in [2.75, 3.05) is 13.1 Å². The minimum atomic E-state index is -0.262. The maximum absolute atomic E-state index is 12.6. The fourth-order valence-electron chi connectivity index (χ4n) is 3.19. The number of para-hydroxylation sites is 2. The molecule has 1 aromatic carbocycles. The van der Waals surface area contributed by atoms with E-state index in [-0.39, 0.29) is 23.7 Å². The molecular formula is C18H22N4O2. The van der Waals surface area contributed by atoms with Crippen molar-refractivity contribution in [3.8, 4) is 0 Å². The van der Waals surface area contributed by atoms with E-state index in [1.54, 1.807) is 6.20 Å². The Kier molecular flexibility index (Phi) is 4.74. The van der Waals surface area contributed by atoms with Crippen LogP contribution in [-0.4, -0.2) is 39.8 Å². The Balaban J connectivity index is 1.62. The van der Waals surface area contributed by atoms with Gasteiger partial charge in [-0.15, -0.1) is 0 Å². The quantitative estimate of drug-likeness (QED) is 0.923. The maximum atomic E-state index is 12.6. The molecule has 1 saturated heterocycles. The number of carbonyl (C=O) groups excluding carboxylic acids is 2. The number of hydrogen-bond donors (Lipinski definition) is 1. The summed E-state index contributed by atoms with van der Waals surface area (Å²) in [6.45, 7) is 3.11. The summed E-state index contributed by atoms with van der Waals surface area (Å²) in [6.07, 6.45) is 3.62. The molecular weight excluding hydrogens is 304 g/mol. The number of primary amides is 1. The van der Waals surface area contributed by atoms with E-state index < -0.39 is 0 Å². The predicted molar refractivity (Wildman–Crippen MR) is 90.9 cm³/mol. The number of rotatable bonds is 4. The molecule has 1 fully saturated rings. The molecule has 0 bridgehead atoms. The van der Waals surface area contributed by atoms with Crippen LogP contribution in [0.5, 0.6) is 0 Å². The van der Waals surface area contributed by atoms with Gasteiger partial charge in [-0.05, 0) is 25.0 Å². The largest absolute Gasteiger partial charge is 0.369 e. The molecule has 0 aliphatic carbocycles. The number of aromatic nitrogens is 2. The third kappa shape index (κ3) is 3.53. The molecule has 0 radical (unpaired) electrons. The second-order valence-corrected chi connectivity index (χ2v) is 6.46. The van der Waals surface area contributed by atoms with Crippen LogP contribution in [0, 0.1) is 11.8 Å². The lowest BCUT2D eigenvalue weighted by Crippen LogP contribution is -2.44. The first-order valence-corrected chi connectivity index (χ1v) is 8.33. The number of nitrogens with two attached hydrogens (primary N) is 1. The van der Waals surface area contributed by atoms with Gasteiger partial charge < -0.3 is 10.6 Å². The number of piperidine rings is 1. The van der Waals surface area contributed by atoms with Gasteiger partial charge in [0.05, 0.1) is 16.7 Å². The molecule has 0 saturated carbocycles. The smallest absolute Gasteiger partial charge is 0.225 e. The zero-order valence-electron chi connectivity index (χ0n) is 13.8. The lowest BCUT2D eigenvalue weighted by atomic mass is 9.94. The van der Waals surface area contributed by atoms with Crippen molar-refractivity contribution in [1.82, 2.24) is 14.9 Å². The summed E-state index contributed by atoms with van der Waals surface area (Å²) in [7, 11) is 0. The number of benzene rings is 1. The van der Waals surface area contributed by atoms with E-state index >= 15 is 0 Å². The van der Waals surface area contributed by atoms with Gasteiger partial charge in [-0.2, -0.15) is 0 Å². The Morgan fingerprint density at radius 2 is 1.92 bits per heavy atom. The minimum absolute atomic E-state index is 0.101. The van der Waals surface area contributed by atoms with Crippen molar-refractivity contribution >= 4 is 22.8 Å². The van der Waals surface area contributed by atoms with Gasteiger partial charge in [0.25, 0.3) is 0 Å². The second-order valence-electron chi connectivity index (χ2n) is 6.46. The van der Waals surface area contributed by atoms with E-state index in [0.29, 0.717) is 32.4 Å². The molecule has 1 aromatic heterocycles. The highest BCUT2D eigenvalue weighted by Gasteiger charge is 2.28. The summed E-state index contributed by atoms with van der Waals surface area (Å²) in [6, 6.07) is 7.70. The molecule has 2 heterocycles. The van der Waals surface area contributed by atoms with Gasteiger partial charge in [0.2, 0.25) is 11.8 Å². The maximum Gasteiger partial charge on any atom is 0.225 e. The molecule has 2 amide bonds. The molecule has 2 N–H and O–H groups in total. The van der Waals surface area contributed by atoms with E-state index in [2.05, 4.69) is 9.97 Å². The fraction of sp³-hybridized carbons (Fsp3) is 0.444. The molecule has 1 aliphatic rings. The van der Waals surface area contributed by atoms with Crippen LogP contribution in [0.2, 0.25) is 0 Å². The van der Waals surface area contributed by atoms with Crippen LogP contribution in [0.4, 0.5) is 0 Å². The van der Waals surface area contributed by atoms with Crippen molar-refractivity contribution in [3.63, 3.8) is 0 Å². The van der Waals surface area contributed by atoms with Gasteiger partial charge in [-0.25, -0.2) is 4.98 Å². The predicted octanol–water partition coefficient (Wildman–Crippen LogP) is 1.53. The van der Waals surface area contributed by atoms with Crippen LogP contribution in [0.3, 0.4) is 0 Å². The lowest BCUT2D eigenvalue weighted by molar-refractivity contribution is -0.138. The van der Waals surface area contributed by atoms with Gasteiger partial charge in [-0.3, -0.25) is 14.6 Å². The first kappa shape index (κ1) is 16.4. The third-order valence-electron chi connectivity index (χ3n) is 4.64. The molecule has 6 heteroatoms. The Bertz CT molecular complexity index is 754. The van der Waals surface area contributed by atoms with Crippen LogP contribution in [0.25, 0.3) is 11.0 Å². The monoisotopic (exact) mass is 326 g/mol. The Labute approximate surface area is 141 Å². The first-order valence-electron chi connectivity index (χ1n) is 8.33. The Morgan fingerprint density at radius 1 is 1.25 bits per heavy atom. The molecule has 0 spiro atoms. The van der Waals surface area contributed by atoms with Crippen LogP contribution in [0.15, 0.2) is 30.5 Å². The van der Waals surface area contributed by atoms with Crippen LogP contribution in [0.1, 0.15) is 25.5 Å². The summed E-state index contributed by atoms with van der Waals surface area (Å²) in [5, 5.41) is 0. The van der Waals surface area contributed by atoms with Crippen molar-refractivity contribution < 1.29 is 9.59 Å². The molecule has 24 heavy (non-hydrogen) atoms. The minimum Gasteiger partial charge on any atom is -0.369 e. The topological polar surface area (TPSA) is 89.2 Å². The number of hydrogen-bond acceptors (Lipinski definition) is 4. The number of carbonyl (C=O) groups is 2. The van der Waals surface area contributed by atoms with Crippen LogP contribution < -0.4 is 5.73 Å². The molecule has 1 aliphatic heterocycles. The third-order valence-corrected chi connectivity index (χ3v) is 4.64. The van der Waals surface area contributed by atoms with Gasteiger partial charge in [0.1, 0.15) is 0 Å². The Hall–Kier alpha value is -2.50. The highest BCUT2D eigenvalue weighted by atomic mass is 16.2. The number of nitrogens with zero attached hydrogens (tertiary/aromatic N) is 3. The van der Waals surface area contributed by atoms with E-state index in [0.717, 1.165) is 16.7 Å². The molecule has 1 unspecified atom stereocenters. The second kappa shape index (κ2) is 6.95. The molecule has 3 rings (SSSR count). The molecule has 2 aromatic rings. The summed E-state index contributed by atoms with van der Waals surface area (Å²) in [5.74, 6) is -0.421. The van der Waals surface area contributed by atoms with E-state index in [4.69, 9.17) is 5.73 Å². The molecule has 126 valence electrons. The normalized spacial score (nSPS) is 17.0. The summed E-state index contributed by atoms with van der Waals surface area (Å²) >= 11 is 0. The molecule has 6 nitrogen and oxygen atoms in total. The van der Waals surface area contributed by atoms with E-state index in [9.17, 15) is 9.59 Å². The van der Waals surface area contributed by atoms with Crippen molar-refractivity contribution in [2.24, 2.45) is 17.6 Å². The van der Waals surface area contributed by atoms with Gasteiger partial charge in [0.15, 0.2) is 0 Å². The van der Waals surface area contributed by atoms with Crippen molar-refractivity contribution in [1.29, 1.82) is 0 Å². The van der Waals surface area contributed by atoms with Gasteiger partial charge in [-0.1, -0.05) is 19.1 Å². The van der Waals surface area contributed by atoms with Crippen LogP contribution >= 0.6 is 0 Å². The Morgan fingerprint density at radius 3 is 2.58 bits per heavy atom. The standard InChI is InChI=1S/C18H22N4O2/c1-12(18(24)22-8-6-13(7-9-22)17(19)23)10-14-11-20-15-4-2-3-5-16(15)21-14/h2-5,11-13H,6-10H2,1H3,(H2,19,23). The van der Waals surface area contributed by atoms with Gasteiger partial charge in [0, 0.05) is 37.5 Å².